The van der Waals surface area contributed by atoms with Gasteiger partial charge in [0.1, 0.15) is 11.3 Å². The van der Waals surface area contributed by atoms with Crippen LogP contribution in [0.1, 0.15) is 5.69 Å². The molecule has 0 unspecified atom stereocenters. The quantitative estimate of drug-likeness (QED) is 0.666. The van der Waals surface area contributed by atoms with Crippen molar-refractivity contribution in [1.82, 2.24) is 25.0 Å². The van der Waals surface area contributed by atoms with E-state index in [2.05, 4.69) is 20.3 Å². The smallest absolute Gasteiger partial charge is 0.141 e. The first-order valence-corrected chi connectivity index (χ1v) is 5.06. The van der Waals surface area contributed by atoms with Gasteiger partial charge in [0.25, 0.3) is 0 Å². The van der Waals surface area contributed by atoms with Crippen molar-refractivity contribution in [2.45, 2.75) is 6.54 Å². The molecule has 0 aromatic carbocycles. The van der Waals surface area contributed by atoms with Gasteiger partial charge >= 0.3 is 0 Å². The van der Waals surface area contributed by atoms with Gasteiger partial charge in [-0.1, -0.05) is 5.21 Å². The molecular weight excluding hydrogens is 221 g/mol. The third-order valence-corrected chi connectivity index (χ3v) is 2.42. The Morgan fingerprint density at radius 2 is 2.12 bits per heavy atom. The highest BCUT2D eigenvalue weighted by Gasteiger charge is 2.05. The zero-order chi connectivity index (χ0) is 11.7. The van der Waals surface area contributed by atoms with Crippen molar-refractivity contribution in [3.63, 3.8) is 0 Å². The number of hydrogen-bond donors (Lipinski definition) is 0. The molecule has 3 heterocycles. The van der Waals surface area contributed by atoms with Gasteiger partial charge < -0.3 is 0 Å². The third kappa shape index (κ3) is 1.84. The number of rotatable bonds is 2. The van der Waals surface area contributed by atoms with Gasteiger partial charge in [-0.2, -0.15) is 0 Å². The van der Waals surface area contributed by atoms with Gasteiger partial charge in [0.05, 0.1) is 30.1 Å². The van der Waals surface area contributed by atoms with Crippen LogP contribution in [0.15, 0.2) is 36.8 Å². The van der Waals surface area contributed by atoms with Gasteiger partial charge in [-0.3, -0.25) is 9.97 Å². The molecular formula is C11H8FN5. The zero-order valence-corrected chi connectivity index (χ0v) is 8.79. The van der Waals surface area contributed by atoms with Crippen molar-refractivity contribution in [2.75, 3.05) is 0 Å². The van der Waals surface area contributed by atoms with Crippen molar-refractivity contribution >= 4 is 11.0 Å². The Balaban J connectivity index is 1.97. The standard InChI is InChI=1S/C11H8FN5/c12-8-1-2-9(14-5-8)7-17-11-3-4-13-6-10(11)15-16-17/h1-6H,7H2. The molecule has 0 fully saturated rings. The van der Waals surface area contributed by atoms with Gasteiger partial charge in [0.15, 0.2) is 0 Å². The summed E-state index contributed by atoms with van der Waals surface area (Å²) < 4.78 is 14.4. The topological polar surface area (TPSA) is 56.5 Å². The Morgan fingerprint density at radius 1 is 1.18 bits per heavy atom. The lowest BCUT2D eigenvalue weighted by Gasteiger charge is -2.01. The Morgan fingerprint density at radius 3 is 2.94 bits per heavy atom. The summed E-state index contributed by atoms with van der Waals surface area (Å²) >= 11 is 0. The van der Waals surface area contributed by atoms with Crippen LogP contribution in [0.2, 0.25) is 0 Å². The van der Waals surface area contributed by atoms with Crippen LogP contribution in [0.3, 0.4) is 0 Å². The first kappa shape index (κ1) is 9.83. The summed E-state index contributed by atoms with van der Waals surface area (Å²) in [4.78, 5) is 7.94. The van der Waals surface area contributed by atoms with Crippen molar-refractivity contribution in [3.05, 3.63) is 48.3 Å². The van der Waals surface area contributed by atoms with E-state index >= 15 is 0 Å². The Bertz CT molecular complexity index is 646. The van der Waals surface area contributed by atoms with Gasteiger partial charge in [-0.25, -0.2) is 9.07 Å². The highest BCUT2D eigenvalue weighted by Crippen LogP contribution is 2.09. The molecule has 0 aliphatic rings. The molecule has 17 heavy (non-hydrogen) atoms. The molecule has 0 aliphatic heterocycles. The molecule has 0 saturated carbocycles. The van der Waals surface area contributed by atoms with E-state index in [0.717, 1.165) is 16.7 Å². The second-order valence-electron chi connectivity index (χ2n) is 3.58. The van der Waals surface area contributed by atoms with E-state index in [1.807, 2.05) is 6.07 Å². The average Bonchev–Trinajstić information content (AvgIpc) is 2.76. The van der Waals surface area contributed by atoms with Crippen LogP contribution in [0.25, 0.3) is 11.0 Å². The summed E-state index contributed by atoms with van der Waals surface area (Å²) in [5.41, 5.74) is 2.34. The fourth-order valence-electron chi connectivity index (χ4n) is 1.59. The van der Waals surface area contributed by atoms with E-state index in [-0.39, 0.29) is 5.82 Å². The van der Waals surface area contributed by atoms with Gasteiger partial charge in [0.2, 0.25) is 0 Å². The van der Waals surface area contributed by atoms with Gasteiger partial charge in [-0.05, 0) is 18.2 Å². The maximum Gasteiger partial charge on any atom is 0.141 e. The first-order valence-electron chi connectivity index (χ1n) is 5.06. The van der Waals surface area contributed by atoms with Crippen LogP contribution < -0.4 is 0 Å². The van der Waals surface area contributed by atoms with Crippen LogP contribution >= 0.6 is 0 Å². The van der Waals surface area contributed by atoms with E-state index in [1.165, 1.54) is 12.3 Å². The van der Waals surface area contributed by atoms with E-state index in [9.17, 15) is 4.39 Å². The number of halogens is 1. The molecule has 0 radical (unpaired) electrons. The minimum absolute atomic E-state index is 0.346. The van der Waals surface area contributed by atoms with E-state index < -0.39 is 0 Å². The fraction of sp³-hybridized carbons (Fsp3) is 0.0909. The van der Waals surface area contributed by atoms with Crippen molar-refractivity contribution < 1.29 is 4.39 Å². The molecule has 3 aromatic rings. The summed E-state index contributed by atoms with van der Waals surface area (Å²) in [5, 5.41) is 7.99. The molecule has 0 bridgehead atoms. The molecule has 0 saturated heterocycles. The van der Waals surface area contributed by atoms with Crippen LogP contribution in [0.4, 0.5) is 4.39 Å². The maximum atomic E-state index is 12.7. The number of nitrogens with zero attached hydrogens (tertiary/aromatic N) is 5. The molecule has 0 N–H and O–H groups in total. The Labute approximate surface area is 95.9 Å². The normalized spacial score (nSPS) is 10.9. The lowest BCUT2D eigenvalue weighted by atomic mass is 10.3. The van der Waals surface area contributed by atoms with E-state index in [4.69, 9.17) is 0 Å². The second kappa shape index (κ2) is 3.89. The van der Waals surface area contributed by atoms with Crippen LogP contribution in [-0.2, 0) is 6.54 Å². The predicted octanol–water partition coefficient (Wildman–Crippen LogP) is 1.41. The Hall–Kier alpha value is -2.37. The van der Waals surface area contributed by atoms with Crippen molar-refractivity contribution in [3.8, 4) is 0 Å². The SMILES string of the molecule is Fc1ccc(Cn2nnc3cnccc32)nc1. The van der Waals surface area contributed by atoms with Crippen LogP contribution in [0.5, 0.6) is 0 Å². The summed E-state index contributed by atoms with van der Waals surface area (Å²) in [6.07, 6.45) is 4.52. The Kier molecular flexibility index (Phi) is 2.25. The largest absolute Gasteiger partial charge is 0.262 e. The van der Waals surface area contributed by atoms with E-state index in [0.29, 0.717) is 6.54 Å². The van der Waals surface area contributed by atoms with Gasteiger partial charge in [-0.15, -0.1) is 5.10 Å². The van der Waals surface area contributed by atoms with E-state index in [1.54, 1.807) is 23.1 Å². The lowest BCUT2D eigenvalue weighted by molar-refractivity contribution is 0.611. The monoisotopic (exact) mass is 229 g/mol. The lowest BCUT2D eigenvalue weighted by Crippen LogP contribution is -2.03. The number of hydrogen-bond acceptors (Lipinski definition) is 4. The summed E-state index contributed by atoms with van der Waals surface area (Å²) in [6, 6.07) is 4.84. The zero-order valence-electron chi connectivity index (χ0n) is 8.79. The summed E-state index contributed by atoms with van der Waals surface area (Å²) in [6.45, 7) is 0.459. The van der Waals surface area contributed by atoms with Crippen LogP contribution in [0, 0.1) is 5.82 Å². The van der Waals surface area contributed by atoms with Crippen LogP contribution in [-0.4, -0.2) is 25.0 Å². The summed E-state index contributed by atoms with van der Waals surface area (Å²) in [5.74, 6) is -0.346. The molecule has 0 atom stereocenters. The third-order valence-electron chi connectivity index (χ3n) is 2.42. The van der Waals surface area contributed by atoms with Crippen molar-refractivity contribution in [1.29, 1.82) is 0 Å². The first-order chi connectivity index (χ1) is 8.33. The maximum absolute atomic E-state index is 12.7. The minimum Gasteiger partial charge on any atom is -0.262 e. The molecule has 0 aliphatic carbocycles. The fourth-order valence-corrected chi connectivity index (χ4v) is 1.59. The molecule has 0 amide bonds. The number of fused-ring (bicyclic) bond motifs is 1. The molecule has 6 heteroatoms. The second-order valence-corrected chi connectivity index (χ2v) is 3.58. The molecule has 84 valence electrons. The highest BCUT2D eigenvalue weighted by atomic mass is 19.1. The molecule has 5 nitrogen and oxygen atoms in total. The highest BCUT2D eigenvalue weighted by molar-refractivity contribution is 5.72. The summed E-state index contributed by atoms with van der Waals surface area (Å²) in [7, 11) is 0. The van der Waals surface area contributed by atoms with Crippen molar-refractivity contribution in [2.24, 2.45) is 0 Å². The predicted molar refractivity (Wildman–Crippen MR) is 58.6 cm³/mol. The number of pyridine rings is 2. The minimum atomic E-state index is -0.346. The van der Waals surface area contributed by atoms with Gasteiger partial charge in [0, 0.05) is 6.20 Å². The molecule has 3 rings (SSSR count). The number of aromatic nitrogens is 5. The molecule has 0 spiro atoms. The molecule has 3 aromatic heterocycles. The average molecular weight is 229 g/mol.